The summed E-state index contributed by atoms with van der Waals surface area (Å²) in [6.07, 6.45) is 0.987. The van der Waals surface area contributed by atoms with E-state index in [4.69, 9.17) is 9.47 Å². The molecule has 0 fully saturated rings. The van der Waals surface area contributed by atoms with Gasteiger partial charge in [-0.3, -0.25) is 0 Å². The Hall–Kier alpha value is -1.85. The molecule has 0 amide bonds. The van der Waals surface area contributed by atoms with Crippen LogP contribution in [0, 0.1) is 0 Å². The van der Waals surface area contributed by atoms with Gasteiger partial charge in [0.05, 0.1) is 14.2 Å². The molecule has 0 bridgehead atoms. The summed E-state index contributed by atoms with van der Waals surface area (Å²) in [6, 6.07) is 4.05. The van der Waals surface area contributed by atoms with E-state index in [1.165, 1.54) is 32.4 Å². The molecule has 6 nitrogen and oxygen atoms in total. The van der Waals surface area contributed by atoms with Gasteiger partial charge in [0.2, 0.25) is 0 Å². The molecular formula is C9H9NO5S. The Morgan fingerprint density at radius 3 is 2.44 bits per heavy atom. The average molecular weight is 243 g/mol. The lowest BCUT2D eigenvalue weighted by atomic mass is 10.3. The highest BCUT2D eigenvalue weighted by molar-refractivity contribution is 7.90. The minimum atomic E-state index is -4.06. The second kappa shape index (κ2) is 4.78. The number of carbonyl (C=O) groups excluding carboxylic acids is 1. The van der Waals surface area contributed by atoms with Gasteiger partial charge in [0.1, 0.15) is 16.4 Å². The number of rotatable bonds is 4. The lowest BCUT2D eigenvalue weighted by Gasteiger charge is -2.07. The van der Waals surface area contributed by atoms with E-state index < -0.39 is 10.0 Å². The minimum absolute atomic E-state index is 0.0540. The topological polar surface area (TPSA) is 82.0 Å². The Morgan fingerprint density at radius 1 is 1.25 bits per heavy atom. The van der Waals surface area contributed by atoms with Crippen molar-refractivity contribution in [2.75, 3.05) is 14.2 Å². The fourth-order valence-electron chi connectivity index (χ4n) is 1.09. The number of hydrogen-bond donors (Lipinski definition) is 0. The van der Waals surface area contributed by atoms with Crippen LogP contribution in [0.2, 0.25) is 0 Å². The van der Waals surface area contributed by atoms with Crippen LogP contribution < -0.4 is 9.47 Å². The first-order chi connectivity index (χ1) is 7.55. The van der Waals surface area contributed by atoms with Crippen molar-refractivity contribution < 1.29 is 22.7 Å². The Morgan fingerprint density at radius 2 is 1.94 bits per heavy atom. The van der Waals surface area contributed by atoms with Gasteiger partial charge in [-0.25, -0.2) is 4.79 Å². The molecule has 0 atom stereocenters. The number of isocyanates is 1. The summed E-state index contributed by atoms with van der Waals surface area (Å²) >= 11 is 0. The van der Waals surface area contributed by atoms with Crippen molar-refractivity contribution in [3.8, 4) is 11.5 Å². The lowest BCUT2D eigenvalue weighted by molar-refractivity contribution is 0.386. The normalized spacial score (nSPS) is 10.4. The Kier molecular flexibility index (Phi) is 3.65. The van der Waals surface area contributed by atoms with Crippen molar-refractivity contribution in [3.63, 3.8) is 0 Å². The smallest absolute Gasteiger partial charge is 0.296 e. The van der Waals surface area contributed by atoms with Crippen LogP contribution >= 0.6 is 0 Å². The molecule has 0 N–H and O–H groups in total. The van der Waals surface area contributed by atoms with Crippen LogP contribution in [-0.4, -0.2) is 28.7 Å². The molecule has 0 aromatic heterocycles. The van der Waals surface area contributed by atoms with Gasteiger partial charge in [0, 0.05) is 6.07 Å². The summed E-state index contributed by atoms with van der Waals surface area (Å²) in [5.74, 6) is 0.490. The van der Waals surface area contributed by atoms with Gasteiger partial charge in [0.15, 0.2) is 0 Å². The fourth-order valence-corrected chi connectivity index (χ4v) is 1.92. The number of nitrogens with zero attached hydrogens (tertiary/aromatic N) is 1. The number of methoxy groups -OCH3 is 2. The molecule has 86 valence electrons. The molecule has 0 saturated carbocycles. The monoisotopic (exact) mass is 243 g/mol. The van der Waals surface area contributed by atoms with Gasteiger partial charge < -0.3 is 9.47 Å². The third-order valence-corrected chi connectivity index (χ3v) is 3.01. The molecule has 0 saturated heterocycles. The Balaban J connectivity index is 3.40. The van der Waals surface area contributed by atoms with Crippen LogP contribution in [-0.2, 0) is 14.8 Å². The molecule has 0 spiro atoms. The van der Waals surface area contributed by atoms with Gasteiger partial charge in [-0.15, -0.1) is 0 Å². The predicted molar refractivity (Wildman–Crippen MR) is 54.9 cm³/mol. The molecule has 7 heteroatoms. The molecule has 16 heavy (non-hydrogen) atoms. The first kappa shape index (κ1) is 12.2. The van der Waals surface area contributed by atoms with E-state index in [1.54, 1.807) is 0 Å². The number of sulfonamides is 1. The van der Waals surface area contributed by atoms with Gasteiger partial charge in [-0.05, 0) is 12.1 Å². The lowest BCUT2D eigenvalue weighted by Crippen LogP contribution is -2.00. The van der Waals surface area contributed by atoms with E-state index in [-0.39, 0.29) is 10.6 Å². The number of hydrogen-bond acceptors (Lipinski definition) is 5. The molecule has 0 unspecified atom stereocenters. The van der Waals surface area contributed by atoms with E-state index in [1.807, 2.05) is 0 Å². The first-order valence-corrected chi connectivity index (χ1v) is 5.55. The zero-order valence-electron chi connectivity index (χ0n) is 8.63. The molecular weight excluding hydrogens is 234 g/mol. The molecule has 1 rings (SSSR count). The zero-order valence-corrected chi connectivity index (χ0v) is 9.45. The molecule has 0 aliphatic heterocycles. The van der Waals surface area contributed by atoms with Crippen molar-refractivity contribution in [3.05, 3.63) is 18.2 Å². The minimum Gasteiger partial charge on any atom is -0.497 e. The summed E-state index contributed by atoms with van der Waals surface area (Å²) < 4.78 is 35.4. The van der Waals surface area contributed by atoms with E-state index in [2.05, 4.69) is 4.40 Å². The van der Waals surface area contributed by atoms with Crippen molar-refractivity contribution in [2.45, 2.75) is 4.90 Å². The van der Waals surface area contributed by atoms with Gasteiger partial charge >= 0.3 is 0 Å². The zero-order chi connectivity index (χ0) is 12.2. The van der Waals surface area contributed by atoms with Crippen molar-refractivity contribution in [2.24, 2.45) is 4.40 Å². The predicted octanol–water partition coefficient (Wildman–Crippen LogP) is 0.728. The maximum Gasteiger partial charge on any atom is 0.296 e. The quantitative estimate of drug-likeness (QED) is 0.575. The third-order valence-electron chi connectivity index (χ3n) is 1.81. The van der Waals surface area contributed by atoms with E-state index in [0.29, 0.717) is 5.75 Å². The molecule has 0 heterocycles. The van der Waals surface area contributed by atoms with Crippen LogP contribution in [0.5, 0.6) is 11.5 Å². The first-order valence-electron chi connectivity index (χ1n) is 4.11. The molecule has 0 aliphatic carbocycles. The van der Waals surface area contributed by atoms with E-state index in [0.717, 1.165) is 6.08 Å². The highest BCUT2D eigenvalue weighted by Gasteiger charge is 2.19. The van der Waals surface area contributed by atoms with E-state index in [9.17, 15) is 13.2 Å². The van der Waals surface area contributed by atoms with Crippen LogP contribution in [0.3, 0.4) is 0 Å². The maximum atomic E-state index is 11.5. The second-order valence-electron chi connectivity index (χ2n) is 2.67. The van der Waals surface area contributed by atoms with Crippen molar-refractivity contribution in [1.29, 1.82) is 0 Å². The van der Waals surface area contributed by atoms with Gasteiger partial charge in [-0.1, -0.05) is 4.40 Å². The SMILES string of the molecule is COc1ccc(S(=O)(=O)N=C=O)c(OC)c1. The highest BCUT2D eigenvalue weighted by atomic mass is 32.2. The Bertz CT molecular complexity index is 531. The molecule has 0 aliphatic rings. The number of benzene rings is 1. The molecule has 1 aromatic rings. The Labute approximate surface area is 92.6 Å². The van der Waals surface area contributed by atoms with Crippen LogP contribution in [0.1, 0.15) is 0 Å². The van der Waals surface area contributed by atoms with Gasteiger partial charge in [-0.2, -0.15) is 8.42 Å². The molecule has 0 radical (unpaired) electrons. The van der Waals surface area contributed by atoms with Gasteiger partial charge in [0.25, 0.3) is 16.1 Å². The molecule has 1 aromatic carbocycles. The highest BCUT2D eigenvalue weighted by Crippen LogP contribution is 2.29. The summed E-state index contributed by atoms with van der Waals surface area (Å²) in [4.78, 5) is 9.77. The average Bonchev–Trinajstić information content (AvgIpc) is 2.28. The van der Waals surface area contributed by atoms with Crippen molar-refractivity contribution >= 4 is 16.1 Å². The van der Waals surface area contributed by atoms with Crippen molar-refractivity contribution in [1.82, 2.24) is 0 Å². The fraction of sp³-hybridized carbons (Fsp3) is 0.222. The summed E-state index contributed by atoms with van der Waals surface area (Å²) in [6.45, 7) is 0. The van der Waals surface area contributed by atoms with E-state index >= 15 is 0 Å². The maximum absolute atomic E-state index is 11.5. The van der Waals surface area contributed by atoms with Crippen LogP contribution in [0.15, 0.2) is 27.5 Å². The largest absolute Gasteiger partial charge is 0.497 e. The standard InChI is InChI=1S/C9H9NO5S/c1-14-7-3-4-9(8(5-7)15-2)16(12,13)10-6-11/h3-5H,1-2H3. The third kappa shape index (κ3) is 2.39. The second-order valence-corrected chi connectivity index (χ2v) is 4.25. The van der Waals surface area contributed by atoms with Crippen LogP contribution in [0.25, 0.3) is 0 Å². The summed E-state index contributed by atoms with van der Waals surface area (Å²) in [5.41, 5.74) is 0. The van der Waals surface area contributed by atoms with Crippen LogP contribution in [0.4, 0.5) is 0 Å². The number of ether oxygens (including phenoxy) is 2. The summed E-state index contributed by atoms with van der Waals surface area (Å²) in [5, 5.41) is 0. The summed E-state index contributed by atoms with van der Waals surface area (Å²) in [7, 11) is -1.32.